The lowest BCUT2D eigenvalue weighted by atomic mass is 10.1. The maximum atomic E-state index is 10.9. The van der Waals surface area contributed by atoms with E-state index < -0.39 is 13.3 Å². The molecule has 8 heteroatoms. The summed E-state index contributed by atoms with van der Waals surface area (Å²) in [5, 5.41) is 3.77. The lowest BCUT2D eigenvalue weighted by molar-refractivity contribution is 0.0615. The fourth-order valence-electron chi connectivity index (χ4n) is 2.03. The number of hydrogen-bond donors (Lipinski definition) is 2. The molecule has 0 aliphatic rings. The predicted molar refractivity (Wildman–Crippen MR) is 79.9 cm³/mol. The van der Waals surface area contributed by atoms with E-state index in [0.29, 0.717) is 24.2 Å². The fourth-order valence-corrected chi connectivity index (χ4v) is 2.72. The highest BCUT2D eigenvalue weighted by Crippen LogP contribution is 2.39. The van der Waals surface area contributed by atoms with Crippen LogP contribution in [-0.2, 0) is 10.7 Å². The Balaban J connectivity index is 2.90. The van der Waals surface area contributed by atoms with E-state index in [1.54, 1.807) is 24.3 Å². The van der Waals surface area contributed by atoms with Crippen LogP contribution in [0.3, 0.4) is 0 Å². The van der Waals surface area contributed by atoms with E-state index in [4.69, 9.17) is 20.1 Å². The van der Waals surface area contributed by atoms with Gasteiger partial charge in [-0.15, -0.1) is 0 Å². The van der Waals surface area contributed by atoms with Gasteiger partial charge >= 0.3 is 7.60 Å². The zero-order valence-electron chi connectivity index (χ0n) is 12.1. The van der Waals surface area contributed by atoms with Gasteiger partial charge in [-0.25, -0.2) is 0 Å². The second kappa shape index (κ2) is 7.48. The first kappa shape index (κ1) is 17.5. The summed E-state index contributed by atoms with van der Waals surface area (Å²) < 4.78 is 16.7. The smallest absolute Gasteiger partial charge is 0.329 e. The van der Waals surface area contributed by atoms with Gasteiger partial charge in [0, 0.05) is 4.91 Å². The van der Waals surface area contributed by atoms with Crippen LogP contribution < -0.4 is 4.74 Å². The van der Waals surface area contributed by atoms with Crippen LogP contribution in [0.15, 0.2) is 29.4 Å². The fraction of sp³-hybridized carbons (Fsp3) is 0.538. The van der Waals surface area contributed by atoms with Gasteiger partial charge in [-0.05, 0) is 41.2 Å². The molecule has 0 aromatic heterocycles. The lowest BCUT2D eigenvalue weighted by Crippen LogP contribution is -2.32. The van der Waals surface area contributed by atoms with Crippen LogP contribution in [0.2, 0.25) is 0 Å². The summed E-state index contributed by atoms with van der Waals surface area (Å²) in [6.07, 6.45) is 1.63. The van der Waals surface area contributed by atoms with Crippen molar-refractivity contribution in [2.45, 2.75) is 45.0 Å². The van der Waals surface area contributed by atoms with Crippen molar-refractivity contribution in [3.8, 4) is 5.75 Å². The standard InChI is InChI=1S/C13H20N3O4P/c1-3-9-13(4-2,15-16-14)20-12-7-5-11(6-8-12)10-21(17,18)19/h5-8H,3-4,9-10H2,1-2H3,(H2,17,18,19). The van der Waals surface area contributed by atoms with Crippen molar-refractivity contribution in [3.05, 3.63) is 40.3 Å². The quantitative estimate of drug-likeness (QED) is 0.327. The monoisotopic (exact) mass is 313 g/mol. The van der Waals surface area contributed by atoms with Crippen LogP contribution in [-0.4, -0.2) is 15.5 Å². The molecule has 0 saturated carbocycles. The van der Waals surface area contributed by atoms with Crippen molar-refractivity contribution in [2.75, 3.05) is 0 Å². The van der Waals surface area contributed by atoms with Gasteiger partial charge in [0.1, 0.15) is 5.75 Å². The number of benzene rings is 1. The zero-order chi connectivity index (χ0) is 15.9. The van der Waals surface area contributed by atoms with Crippen LogP contribution >= 0.6 is 7.60 Å². The molecule has 7 nitrogen and oxygen atoms in total. The molecule has 0 spiro atoms. The molecule has 0 radical (unpaired) electrons. The van der Waals surface area contributed by atoms with Gasteiger partial charge in [0.2, 0.25) is 0 Å². The van der Waals surface area contributed by atoms with E-state index in [1.807, 2.05) is 13.8 Å². The van der Waals surface area contributed by atoms with Crippen LogP contribution in [0.5, 0.6) is 5.75 Å². The van der Waals surface area contributed by atoms with Crippen LogP contribution in [0.25, 0.3) is 10.4 Å². The van der Waals surface area contributed by atoms with Crippen molar-refractivity contribution in [1.82, 2.24) is 0 Å². The minimum absolute atomic E-state index is 0.308. The predicted octanol–water partition coefficient (Wildman–Crippen LogP) is 3.96. The Morgan fingerprint density at radius 2 is 1.95 bits per heavy atom. The molecule has 2 N–H and O–H groups in total. The maximum Gasteiger partial charge on any atom is 0.329 e. The normalized spacial score (nSPS) is 14.1. The van der Waals surface area contributed by atoms with Gasteiger partial charge in [0.15, 0.2) is 5.72 Å². The Morgan fingerprint density at radius 3 is 2.38 bits per heavy atom. The van der Waals surface area contributed by atoms with Gasteiger partial charge in [0.05, 0.1) is 6.16 Å². The minimum atomic E-state index is -4.08. The number of nitrogens with zero attached hydrogens (tertiary/aromatic N) is 3. The third kappa shape index (κ3) is 5.78. The highest BCUT2D eigenvalue weighted by atomic mass is 31.2. The summed E-state index contributed by atoms with van der Waals surface area (Å²) in [5.41, 5.74) is 8.30. The van der Waals surface area contributed by atoms with Gasteiger partial charge in [-0.2, -0.15) is 0 Å². The van der Waals surface area contributed by atoms with E-state index in [9.17, 15) is 4.57 Å². The Morgan fingerprint density at radius 1 is 1.33 bits per heavy atom. The molecule has 1 aromatic rings. The largest absolute Gasteiger partial charge is 0.481 e. The Labute approximate surface area is 123 Å². The van der Waals surface area contributed by atoms with E-state index in [1.165, 1.54) is 0 Å². The highest BCUT2D eigenvalue weighted by Gasteiger charge is 2.28. The molecule has 0 bridgehead atoms. The van der Waals surface area contributed by atoms with Crippen LogP contribution in [0.4, 0.5) is 0 Å². The summed E-state index contributed by atoms with van der Waals surface area (Å²) in [6.45, 7) is 3.86. The van der Waals surface area contributed by atoms with Crippen LogP contribution in [0.1, 0.15) is 38.7 Å². The third-order valence-electron chi connectivity index (χ3n) is 3.04. The second-order valence-electron chi connectivity index (χ2n) is 4.81. The molecule has 0 amide bonds. The Kier molecular flexibility index (Phi) is 6.24. The van der Waals surface area contributed by atoms with E-state index in [2.05, 4.69) is 10.0 Å². The summed E-state index contributed by atoms with van der Waals surface area (Å²) in [7, 11) is -4.08. The first-order valence-corrected chi connectivity index (χ1v) is 8.52. The number of rotatable bonds is 8. The molecular weight excluding hydrogens is 293 g/mol. The van der Waals surface area contributed by atoms with Crippen molar-refractivity contribution in [2.24, 2.45) is 5.11 Å². The molecule has 0 saturated heterocycles. The molecule has 1 atom stereocenters. The maximum absolute atomic E-state index is 10.9. The molecule has 0 heterocycles. The highest BCUT2D eigenvalue weighted by molar-refractivity contribution is 7.50. The minimum Gasteiger partial charge on any atom is -0.481 e. The second-order valence-corrected chi connectivity index (χ2v) is 6.45. The van der Waals surface area contributed by atoms with Crippen molar-refractivity contribution in [1.29, 1.82) is 0 Å². The molecule has 1 rings (SSSR count). The molecule has 1 aromatic carbocycles. The lowest BCUT2D eigenvalue weighted by Gasteiger charge is -2.28. The zero-order valence-corrected chi connectivity index (χ0v) is 13.0. The van der Waals surface area contributed by atoms with E-state index >= 15 is 0 Å². The SMILES string of the molecule is CCCC(CC)(N=[N+]=[N-])Oc1ccc(CP(=O)(O)O)cc1. The summed E-state index contributed by atoms with van der Waals surface area (Å²) >= 11 is 0. The summed E-state index contributed by atoms with van der Waals surface area (Å²) in [4.78, 5) is 20.7. The van der Waals surface area contributed by atoms with Gasteiger partial charge in [-0.3, -0.25) is 4.57 Å². The van der Waals surface area contributed by atoms with Gasteiger partial charge in [0.25, 0.3) is 0 Å². The molecular formula is C13H20N3O4P. The molecule has 21 heavy (non-hydrogen) atoms. The molecule has 1 unspecified atom stereocenters. The molecule has 116 valence electrons. The molecule has 0 aliphatic heterocycles. The van der Waals surface area contributed by atoms with Crippen LogP contribution in [0, 0.1) is 0 Å². The average molecular weight is 313 g/mol. The van der Waals surface area contributed by atoms with E-state index in [0.717, 1.165) is 6.42 Å². The summed E-state index contributed by atoms with van der Waals surface area (Å²) in [6, 6.07) is 6.43. The molecule has 0 fully saturated rings. The van der Waals surface area contributed by atoms with E-state index in [-0.39, 0.29) is 6.16 Å². The van der Waals surface area contributed by atoms with Crippen molar-refractivity contribution < 1.29 is 19.1 Å². The number of azide groups is 1. The van der Waals surface area contributed by atoms with Gasteiger partial charge in [-0.1, -0.05) is 32.4 Å². The molecule has 0 aliphatic carbocycles. The topological polar surface area (TPSA) is 116 Å². The van der Waals surface area contributed by atoms with Gasteiger partial charge < -0.3 is 14.5 Å². The Bertz CT molecular complexity index is 551. The third-order valence-corrected chi connectivity index (χ3v) is 3.82. The summed E-state index contributed by atoms with van der Waals surface area (Å²) in [5.74, 6) is 0.507. The van der Waals surface area contributed by atoms with Crippen molar-refractivity contribution >= 4 is 7.60 Å². The first-order chi connectivity index (χ1) is 9.84. The average Bonchev–Trinajstić information content (AvgIpc) is 2.40. The first-order valence-electron chi connectivity index (χ1n) is 6.73. The number of ether oxygens (including phenoxy) is 1. The Hall–Kier alpha value is -1.52. The van der Waals surface area contributed by atoms with Crippen molar-refractivity contribution in [3.63, 3.8) is 0 Å². The number of hydrogen-bond acceptors (Lipinski definition) is 3.